The first-order valence-electron chi connectivity index (χ1n) is 8.24. The number of carboxylic acid groups (broad SMARTS) is 1. The molecule has 1 amide bonds. The number of ether oxygens (including phenoxy) is 1. The molecule has 0 bridgehead atoms. The number of aliphatic carboxylic acids is 1. The number of carbonyl (C=O) groups excluding carboxylic acids is 1. The largest absolute Gasteiger partial charge is 0.492 e. The Morgan fingerprint density at radius 1 is 1.31 bits per heavy atom. The van der Waals surface area contributed by atoms with Gasteiger partial charge < -0.3 is 26.6 Å². The number of hydrogen-bond donors (Lipinski definition) is 6. The van der Waals surface area contributed by atoms with Crippen molar-refractivity contribution in [1.82, 2.24) is 15.4 Å². The molecule has 0 radical (unpaired) electrons. The summed E-state index contributed by atoms with van der Waals surface area (Å²) in [7, 11) is 0. The van der Waals surface area contributed by atoms with Gasteiger partial charge in [0, 0.05) is 31.0 Å². The first kappa shape index (κ1) is 22.2. The molecule has 8 N–H and O–H groups in total. The average molecular weight is 385 g/mol. The van der Waals surface area contributed by atoms with Gasteiger partial charge in [0.15, 0.2) is 0 Å². The van der Waals surface area contributed by atoms with Gasteiger partial charge in [0.25, 0.3) is 5.91 Å². The highest BCUT2D eigenvalue weighted by Crippen LogP contribution is 2.12. The van der Waals surface area contributed by atoms with Crippen LogP contribution in [0.2, 0.25) is 0 Å². The summed E-state index contributed by atoms with van der Waals surface area (Å²) in [5.74, 6) is -0.180. The minimum absolute atomic E-state index is 0.0348. The second-order valence-corrected chi connectivity index (χ2v) is 6.40. The molecule has 1 aromatic carbocycles. The average Bonchev–Trinajstić information content (AvgIpc) is 2.61. The summed E-state index contributed by atoms with van der Waals surface area (Å²) in [4.78, 5) is 23.3. The van der Waals surface area contributed by atoms with E-state index in [1.165, 1.54) is 11.9 Å². The van der Waals surface area contributed by atoms with E-state index in [2.05, 4.69) is 15.4 Å². The monoisotopic (exact) mass is 385 g/mol. The maximum Gasteiger partial charge on any atom is 0.323 e. The topological polar surface area (TPSA) is 152 Å². The lowest BCUT2D eigenvalue weighted by Gasteiger charge is -2.14. The Labute approximate surface area is 157 Å². The van der Waals surface area contributed by atoms with E-state index in [4.69, 9.17) is 21.3 Å². The summed E-state index contributed by atoms with van der Waals surface area (Å²) in [6.45, 7) is 3.32. The zero-order chi connectivity index (χ0) is 19.4. The Bertz CT molecular complexity index is 556. The maximum absolute atomic E-state index is 12.1. The fourth-order valence-electron chi connectivity index (χ4n) is 1.85. The summed E-state index contributed by atoms with van der Waals surface area (Å²) in [6.07, 6.45) is -0.0949. The number of nitrogens with two attached hydrogens (primary N) is 2. The quantitative estimate of drug-likeness (QED) is 0.148. The van der Waals surface area contributed by atoms with Crippen molar-refractivity contribution in [1.29, 1.82) is 0 Å². The lowest BCUT2D eigenvalue weighted by atomic mass is 10.2. The number of benzene rings is 1. The summed E-state index contributed by atoms with van der Waals surface area (Å²) in [6, 6.07) is 5.72. The molecular weight excluding hydrogens is 358 g/mol. The van der Waals surface area contributed by atoms with E-state index in [1.807, 2.05) is 6.92 Å². The standard InChI is InChI=1S/C16H27N5O4S/c1-11(18)19-7-8-25-13-4-2-12(3-5-13)15(22)20-10-14(16(23)24)21-26-9-6-17/h2-5,11,14,19,21H,6-10,17-18H2,1H3,(H,20,22)(H,23,24). The van der Waals surface area contributed by atoms with Crippen molar-refractivity contribution < 1.29 is 19.4 Å². The molecule has 0 aliphatic heterocycles. The van der Waals surface area contributed by atoms with Gasteiger partial charge in [-0.2, -0.15) is 0 Å². The predicted molar refractivity (Wildman–Crippen MR) is 102 cm³/mol. The Morgan fingerprint density at radius 2 is 2.00 bits per heavy atom. The first-order chi connectivity index (χ1) is 12.4. The van der Waals surface area contributed by atoms with Gasteiger partial charge in [-0.15, -0.1) is 0 Å². The molecule has 1 rings (SSSR count). The summed E-state index contributed by atoms with van der Waals surface area (Å²) in [5, 5.41) is 14.8. The van der Waals surface area contributed by atoms with Crippen molar-refractivity contribution >= 4 is 23.8 Å². The van der Waals surface area contributed by atoms with Crippen LogP contribution < -0.4 is 31.6 Å². The van der Waals surface area contributed by atoms with Gasteiger partial charge in [-0.1, -0.05) is 11.9 Å². The molecule has 0 spiro atoms. The molecular formula is C16H27N5O4S. The van der Waals surface area contributed by atoms with Crippen LogP contribution in [0.5, 0.6) is 5.75 Å². The fourth-order valence-corrected chi connectivity index (χ4v) is 2.47. The molecule has 0 aliphatic rings. The number of carbonyl (C=O) groups is 2. The van der Waals surface area contributed by atoms with Gasteiger partial charge in [-0.25, -0.2) is 4.72 Å². The Balaban J connectivity index is 2.42. The molecule has 9 nitrogen and oxygen atoms in total. The molecule has 0 heterocycles. The van der Waals surface area contributed by atoms with Gasteiger partial charge in [-0.3, -0.25) is 14.9 Å². The highest BCUT2D eigenvalue weighted by molar-refractivity contribution is 7.97. The van der Waals surface area contributed by atoms with E-state index in [0.717, 1.165) is 0 Å². The SMILES string of the molecule is CC(N)NCCOc1ccc(C(=O)NCC(NSCCN)C(=O)O)cc1. The highest BCUT2D eigenvalue weighted by Gasteiger charge is 2.18. The van der Waals surface area contributed by atoms with Crippen molar-refractivity contribution in [2.45, 2.75) is 19.1 Å². The second kappa shape index (κ2) is 12.5. The van der Waals surface area contributed by atoms with E-state index < -0.39 is 12.0 Å². The number of rotatable bonds is 13. The molecule has 2 unspecified atom stereocenters. The zero-order valence-electron chi connectivity index (χ0n) is 14.7. The van der Waals surface area contributed by atoms with Crippen LogP contribution in [0.15, 0.2) is 24.3 Å². The molecule has 0 saturated heterocycles. The lowest BCUT2D eigenvalue weighted by molar-refractivity contribution is -0.138. The van der Waals surface area contributed by atoms with Crippen molar-refractivity contribution in [2.24, 2.45) is 11.5 Å². The van der Waals surface area contributed by atoms with Crippen LogP contribution in [0.3, 0.4) is 0 Å². The van der Waals surface area contributed by atoms with Crippen LogP contribution in [0.4, 0.5) is 0 Å². The number of hydrogen-bond acceptors (Lipinski definition) is 8. The van der Waals surface area contributed by atoms with Crippen molar-refractivity contribution in [3.05, 3.63) is 29.8 Å². The Kier molecular flexibility index (Phi) is 10.7. The van der Waals surface area contributed by atoms with Crippen molar-refractivity contribution in [3.8, 4) is 5.75 Å². The van der Waals surface area contributed by atoms with E-state index in [9.17, 15) is 9.59 Å². The Morgan fingerprint density at radius 3 is 2.58 bits per heavy atom. The van der Waals surface area contributed by atoms with E-state index in [0.29, 0.717) is 36.8 Å². The van der Waals surface area contributed by atoms with Gasteiger partial charge in [-0.05, 0) is 31.2 Å². The molecule has 26 heavy (non-hydrogen) atoms. The normalized spacial score (nSPS) is 13.0. The molecule has 146 valence electrons. The first-order valence-corrected chi connectivity index (χ1v) is 9.22. The number of amides is 1. The van der Waals surface area contributed by atoms with Crippen LogP contribution in [0.1, 0.15) is 17.3 Å². The number of carboxylic acids is 1. The minimum Gasteiger partial charge on any atom is -0.492 e. The zero-order valence-corrected chi connectivity index (χ0v) is 15.6. The third-order valence-corrected chi connectivity index (χ3v) is 4.05. The lowest BCUT2D eigenvalue weighted by Crippen LogP contribution is -2.43. The van der Waals surface area contributed by atoms with Crippen molar-refractivity contribution in [3.63, 3.8) is 0 Å². The van der Waals surface area contributed by atoms with Gasteiger partial charge >= 0.3 is 5.97 Å². The molecule has 10 heteroatoms. The summed E-state index contributed by atoms with van der Waals surface area (Å²) in [5.41, 5.74) is 11.3. The van der Waals surface area contributed by atoms with Crippen molar-refractivity contribution in [2.75, 3.05) is 32.0 Å². The van der Waals surface area contributed by atoms with Crippen LogP contribution >= 0.6 is 11.9 Å². The fraction of sp³-hybridized carbons (Fsp3) is 0.500. The highest BCUT2D eigenvalue weighted by atomic mass is 32.2. The van der Waals surface area contributed by atoms with Crippen LogP contribution in [-0.4, -0.2) is 61.2 Å². The smallest absolute Gasteiger partial charge is 0.323 e. The minimum atomic E-state index is -1.04. The van der Waals surface area contributed by atoms with E-state index in [1.54, 1.807) is 24.3 Å². The summed E-state index contributed by atoms with van der Waals surface area (Å²) < 4.78 is 8.29. The van der Waals surface area contributed by atoms with Crippen LogP contribution in [0, 0.1) is 0 Å². The molecule has 0 aliphatic carbocycles. The summed E-state index contributed by atoms with van der Waals surface area (Å²) >= 11 is 1.21. The number of nitrogens with one attached hydrogen (secondary N) is 3. The van der Waals surface area contributed by atoms with E-state index >= 15 is 0 Å². The predicted octanol–water partition coefficient (Wildman–Crippen LogP) is -0.661. The molecule has 2 atom stereocenters. The van der Waals surface area contributed by atoms with E-state index in [-0.39, 0.29) is 18.6 Å². The van der Waals surface area contributed by atoms with Crippen LogP contribution in [0.25, 0.3) is 0 Å². The Hall–Kier alpha value is -1.85. The molecule has 0 saturated carbocycles. The third kappa shape index (κ3) is 9.02. The van der Waals surface area contributed by atoms with Gasteiger partial charge in [0.2, 0.25) is 0 Å². The second-order valence-electron chi connectivity index (χ2n) is 5.47. The van der Waals surface area contributed by atoms with Gasteiger partial charge in [0.05, 0.1) is 6.17 Å². The maximum atomic E-state index is 12.1. The van der Waals surface area contributed by atoms with Crippen LogP contribution in [-0.2, 0) is 4.79 Å². The molecule has 0 aromatic heterocycles. The molecule has 1 aromatic rings. The third-order valence-electron chi connectivity index (χ3n) is 3.16. The van der Waals surface area contributed by atoms with Gasteiger partial charge in [0.1, 0.15) is 18.4 Å². The molecule has 0 fully saturated rings.